The molecule has 0 unspecified atom stereocenters. The van der Waals surface area contributed by atoms with Crippen LogP contribution in [0, 0.1) is 11.3 Å². The lowest BCUT2D eigenvalue weighted by Crippen LogP contribution is -2.15. The standard InChI is InChI=1S/C20H11F6N5/c21-19(22,23)13-5-6-14(20(24,25)26)12(7-13)10-31-16-4-2-1-3-11(16)8-17(31)18-15(9-27)28-30-29-18/h1-8H,10H2,(H,28,29,30). The predicted molar refractivity (Wildman–Crippen MR) is 97.6 cm³/mol. The van der Waals surface area contributed by atoms with Crippen LogP contribution in [0.2, 0.25) is 0 Å². The lowest BCUT2D eigenvalue weighted by Gasteiger charge is -2.18. The summed E-state index contributed by atoms with van der Waals surface area (Å²) in [6.07, 6.45) is -9.66. The number of halogens is 6. The van der Waals surface area contributed by atoms with Gasteiger partial charge in [-0.05, 0) is 35.9 Å². The summed E-state index contributed by atoms with van der Waals surface area (Å²) in [5.41, 5.74) is -2.22. The van der Waals surface area contributed by atoms with Crippen LogP contribution >= 0.6 is 0 Å². The third-order valence-electron chi connectivity index (χ3n) is 4.77. The SMILES string of the molecule is N#Cc1n[nH]nc1-c1cc2ccccc2n1Cc1cc(C(F)(F)F)ccc1C(F)(F)F. The molecule has 0 amide bonds. The number of alkyl halides is 6. The number of hydrogen-bond donors (Lipinski definition) is 1. The first-order valence-corrected chi connectivity index (χ1v) is 8.76. The van der Waals surface area contributed by atoms with Gasteiger partial charge in [-0.2, -0.15) is 41.9 Å². The molecule has 2 aromatic carbocycles. The maximum atomic E-state index is 13.6. The van der Waals surface area contributed by atoms with Crippen LogP contribution in [0.4, 0.5) is 26.3 Å². The van der Waals surface area contributed by atoms with Gasteiger partial charge in [0.25, 0.3) is 0 Å². The van der Waals surface area contributed by atoms with Crippen LogP contribution in [0.15, 0.2) is 48.5 Å². The van der Waals surface area contributed by atoms with E-state index in [0.717, 1.165) is 0 Å². The molecular formula is C20H11F6N5. The van der Waals surface area contributed by atoms with Gasteiger partial charge in [0.15, 0.2) is 5.69 Å². The van der Waals surface area contributed by atoms with E-state index >= 15 is 0 Å². The molecule has 4 rings (SSSR count). The molecule has 2 aromatic heterocycles. The van der Waals surface area contributed by atoms with Gasteiger partial charge in [0.05, 0.1) is 16.8 Å². The molecule has 0 saturated carbocycles. The fraction of sp³-hybridized carbons (Fsp3) is 0.150. The van der Waals surface area contributed by atoms with Crippen LogP contribution in [-0.2, 0) is 18.9 Å². The number of H-pyrrole nitrogens is 1. The van der Waals surface area contributed by atoms with Crippen LogP contribution in [0.25, 0.3) is 22.3 Å². The Balaban J connectivity index is 1.95. The predicted octanol–water partition coefficient (Wildman–Crippen LogP) is 5.38. The van der Waals surface area contributed by atoms with Gasteiger partial charge in [0, 0.05) is 17.4 Å². The summed E-state index contributed by atoms with van der Waals surface area (Å²) >= 11 is 0. The maximum absolute atomic E-state index is 13.6. The van der Waals surface area contributed by atoms with Gasteiger partial charge in [0.1, 0.15) is 11.8 Å². The molecule has 0 aliphatic heterocycles. The van der Waals surface area contributed by atoms with Crippen LogP contribution in [0.3, 0.4) is 0 Å². The second-order valence-electron chi connectivity index (χ2n) is 6.67. The van der Waals surface area contributed by atoms with Gasteiger partial charge in [-0.3, -0.25) is 0 Å². The zero-order valence-electron chi connectivity index (χ0n) is 15.4. The van der Waals surface area contributed by atoms with Crippen molar-refractivity contribution in [3.63, 3.8) is 0 Å². The van der Waals surface area contributed by atoms with E-state index in [1.165, 1.54) is 4.57 Å². The van der Waals surface area contributed by atoms with Gasteiger partial charge >= 0.3 is 12.4 Å². The van der Waals surface area contributed by atoms with E-state index in [0.29, 0.717) is 29.1 Å². The Morgan fingerprint density at radius 1 is 0.935 bits per heavy atom. The van der Waals surface area contributed by atoms with Crippen molar-refractivity contribution < 1.29 is 26.3 Å². The van der Waals surface area contributed by atoms with Gasteiger partial charge in [-0.1, -0.05) is 18.2 Å². The summed E-state index contributed by atoms with van der Waals surface area (Å²) in [6.45, 7) is -0.528. The van der Waals surface area contributed by atoms with Crippen molar-refractivity contribution in [1.82, 2.24) is 20.0 Å². The number of aromatic amines is 1. The zero-order valence-corrected chi connectivity index (χ0v) is 15.4. The monoisotopic (exact) mass is 435 g/mol. The normalized spacial score (nSPS) is 12.3. The Kier molecular flexibility index (Phi) is 4.72. The Labute approximate surface area is 170 Å². The van der Waals surface area contributed by atoms with Crippen LogP contribution in [0.1, 0.15) is 22.4 Å². The molecule has 0 bridgehead atoms. The van der Waals surface area contributed by atoms with Gasteiger partial charge in [0.2, 0.25) is 0 Å². The first kappa shape index (κ1) is 20.5. The number of aromatic nitrogens is 4. The Hall–Kier alpha value is -3.81. The summed E-state index contributed by atoms with van der Waals surface area (Å²) in [7, 11) is 0. The molecule has 11 heteroatoms. The molecule has 31 heavy (non-hydrogen) atoms. The number of rotatable bonds is 3. The van der Waals surface area contributed by atoms with E-state index in [2.05, 4.69) is 15.4 Å². The smallest absolute Gasteiger partial charge is 0.335 e. The number of nitriles is 1. The third-order valence-corrected chi connectivity index (χ3v) is 4.77. The Morgan fingerprint density at radius 3 is 2.35 bits per heavy atom. The number of nitrogens with zero attached hydrogens (tertiary/aromatic N) is 4. The molecule has 5 nitrogen and oxygen atoms in total. The van der Waals surface area contributed by atoms with E-state index in [4.69, 9.17) is 0 Å². The molecule has 0 aliphatic carbocycles. The number of hydrogen-bond acceptors (Lipinski definition) is 3. The molecule has 1 N–H and O–H groups in total. The van der Waals surface area contributed by atoms with Crippen LogP contribution in [-0.4, -0.2) is 20.0 Å². The van der Waals surface area contributed by atoms with Crippen LogP contribution in [0.5, 0.6) is 0 Å². The lowest BCUT2D eigenvalue weighted by molar-refractivity contribution is -0.141. The van der Waals surface area contributed by atoms with E-state index in [-0.39, 0.29) is 17.1 Å². The molecule has 2 heterocycles. The number of benzene rings is 2. The summed E-state index contributed by atoms with van der Waals surface area (Å²) in [5, 5.41) is 19.7. The van der Waals surface area contributed by atoms with E-state index in [1.807, 2.05) is 6.07 Å². The molecule has 0 saturated heterocycles. The first-order chi connectivity index (χ1) is 14.6. The minimum absolute atomic E-state index is 0.0826. The third kappa shape index (κ3) is 3.72. The average Bonchev–Trinajstić information content (AvgIpc) is 3.31. The molecule has 0 spiro atoms. The van der Waals surface area contributed by atoms with Gasteiger partial charge < -0.3 is 4.57 Å². The average molecular weight is 435 g/mol. The zero-order chi connectivity index (χ0) is 22.4. The topological polar surface area (TPSA) is 70.3 Å². The van der Waals surface area contributed by atoms with Crippen molar-refractivity contribution in [2.24, 2.45) is 0 Å². The number of nitrogens with one attached hydrogen (secondary N) is 1. The number of para-hydroxylation sites is 1. The molecule has 0 atom stereocenters. The van der Waals surface area contributed by atoms with Gasteiger partial charge in [-0.25, -0.2) is 0 Å². The highest BCUT2D eigenvalue weighted by Crippen LogP contribution is 2.38. The summed E-state index contributed by atoms with van der Waals surface area (Å²) in [4.78, 5) is 0. The van der Waals surface area contributed by atoms with Crippen molar-refractivity contribution >= 4 is 10.9 Å². The maximum Gasteiger partial charge on any atom is 0.416 e. The highest BCUT2D eigenvalue weighted by molar-refractivity contribution is 5.87. The largest absolute Gasteiger partial charge is 0.416 e. The van der Waals surface area contributed by atoms with E-state index < -0.39 is 35.6 Å². The second kappa shape index (κ2) is 7.16. The van der Waals surface area contributed by atoms with E-state index in [1.54, 1.807) is 30.3 Å². The molecule has 4 aromatic rings. The van der Waals surface area contributed by atoms with Crippen molar-refractivity contribution in [3.8, 4) is 17.5 Å². The quantitative estimate of drug-likeness (QED) is 0.439. The Morgan fingerprint density at radius 2 is 1.68 bits per heavy atom. The fourth-order valence-corrected chi connectivity index (χ4v) is 3.41. The second-order valence-corrected chi connectivity index (χ2v) is 6.67. The molecule has 0 fully saturated rings. The molecule has 0 radical (unpaired) electrons. The van der Waals surface area contributed by atoms with Crippen molar-refractivity contribution in [2.75, 3.05) is 0 Å². The lowest BCUT2D eigenvalue weighted by atomic mass is 10.0. The summed E-state index contributed by atoms with van der Waals surface area (Å²) in [6, 6.07) is 11.4. The van der Waals surface area contributed by atoms with Gasteiger partial charge in [-0.15, -0.1) is 5.10 Å². The summed E-state index contributed by atoms with van der Waals surface area (Å²) < 4.78 is 81.6. The molecular weight excluding hydrogens is 424 g/mol. The minimum Gasteiger partial charge on any atom is -0.335 e. The highest BCUT2D eigenvalue weighted by atomic mass is 19.4. The molecule has 158 valence electrons. The number of fused-ring (bicyclic) bond motifs is 1. The van der Waals surface area contributed by atoms with Crippen molar-refractivity contribution in [3.05, 3.63) is 70.9 Å². The molecule has 0 aliphatic rings. The van der Waals surface area contributed by atoms with E-state index in [9.17, 15) is 31.6 Å². The van der Waals surface area contributed by atoms with Crippen molar-refractivity contribution in [2.45, 2.75) is 18.9 Å². The minimum atomic E-state index is -4.85. The van der Waals surface area contributed by atoms with Crippen LogP contribution < -0.4 is 0 Å². The summed E-state index contributed by atoms with van der Waals surface area (Å²) in [5.74, 6) is 0. The Bertz CT molecular complexity index is 1310. The first-order valence-electron chi connectivity index (χ1n) is 8.76. The highest BCUT2D eigenvalue weighted by Gasteiger charge is 2.37. The fourth-order valence-electron chi connectivity index (χ4n) is 3.41. The van der Waals surface area contributed by atoms with Crippen molar-refractivity contribution in [1.29, 1.82) is 5.26 Å².